The Morgan fingerprint density at radius 1 is 1.08 bits per heavy atom. The number of aromatic nitrogens is 1. The average molecular weight is 401 g/mol. The van der Waals surface area contributed by atoms with Crippen LogP contribution in [0.15, 0.2) is 53.1 Å². The second-order valence-electron chi connectivity index (χ2n) is 6.81. The molecule has 2 atom stereocenters. The number of carbonyl (C=O) groups is 1. The number of hydrogen-bond donors (Lipinski definition) is 1. The molecular formula is C19H21BrN4O. The van der Waals surface area contributed by atoms with E-state index in [4.69, 9.17) is 0 Å². The number of nitrogens with one attached hydrogen (secondary N) is 1. The van der Waals surface area contributed by atoms with Crippen LogP contribution < -0.4 is 10.2 Å². The normalized spacial score (nSPS) is 22.1. The molecule has 5 nitrogen and oxygen atoms in total. The number of rotatable bonds is 3. The summed E-state index contributed by atoms with van der Waals surface area (Å²) in [5.41, 5.74) is 1.13. The predicted octanol–water partition coefficient (Wildman–Crippen LogP) is 3.12. The molecule has 2 unspecified atom stereocenters. The van der Waals surface area contributed by atoms with Crippen molar-refractivity contribution in [3.63, 3.8) is 0 Å². The number of hydrogen-bond acceptors (Lipinski definition) is 3. The number of halogens is 1. The maximum atomic E-state index is 12.4. The first-order valence-corrected chi connectivity index (χ1v) is 9.41. The molecule has 0 aliphatic carbocycles. The third-order valence-corrected chi connectivity index (χ3v) is 5.56. The molecule has 130 valence electrons. The summed E-state index contributed by atoms with van der Waals surface area (Å²) in [5.74, 6) is 2.10. The van der Waals surface area contributed by atoms with Crippen molar-refractivity contribution in [1.82, 2.24) is 15.2 Å². The number of anilines is 1. The van der Waals surface area contributed by atoms with Gasteiger partial charge in [0.25, 0.3) is 0 Å². The lowest BCUT2D eigenvalue weighted by atomic mass is 10.0. The van der Waals surface area contributed by atoms with Gasteiger partial charge >= 0.3 is 6.03 Å². The summed E-state index contributed by atoms with van der Waals surface area (Å²) in [4.78, 5) is 21.2. The van der Waals surface area contributed by atoms with Gasteiger partial charge in [-0.3, -0.25) is 0 Å². The van der Waals surface area contributed by atoms with Crippen molar-refractivity contribution in [1.29, 1.82) is 0 Å². The number of benzene rings is 1. The summed E-state index contributed by atoms with van der Waals surface area (Å²) < 4.78 is 0.997. The molecule has 0 radical (unpaired) electrons. The molecule has 1 N–H and O–H groups in total. The standard InChI is InChI=1S/C19H21BrN4O/c20-17-6-7-18(21-9-17)23-10-15-12-24(13-16(15)11-23)19(25)22-8-14-4-2-1-3-5-14/h1-7,9,15-16H,8,10-13H2,(H,22,25). The zero-order valence-corrected chi connectivity index (χ0v) is 15.5. The fourth-order valence-electron chi connectivity index (χ4n) is 3.79. The van der Waals surface area contributed by atoms with Gasteiger partial charge < -0.3 is 15.1 Å². The third kappa shape index (κ3) is 3.63. The van der Waals surface area contributed by atoms with Crippen LogP contribution in [0.2, 0.25) is 0 Å². The molecule has 25 heavy (non-hydrogen) atoms. The molecular weight excluding hydrogens is 380 g/mol. The summed E-state index contributed by atoms with van der Waals surface area (Å²) in [7, 11) is 0. The molecule has 4 rings (SSSR count). The van der Waals surface area contributed by atoms with Gasteiger partial charge in [-0.2, -0.15) is 0 Å². The Labute approximate surface area is 156 Å². The SMILES string of the molecule is O=C(NCc1ccccc1)N1CC2CN(c3ccc(Br)cn3)CC2C1. The molecule has 1 aromatic carbocycles. The van der Waals surface area contributed by atoms with Gasteiger partial charge in [0.2, 0.25) is 0 Å². The van der Waals surface area contributed by atoms with Crippen LogP contribution in [0.4, 0.5) is 10.6 Å². The van der Waals surface area contributed by atoms with Crippen LogP contribution in [0.1, 0.15) is 5.56 Å². The minimum Gasteiger partial charge on any atom is -0.356 e. The topological polar surface area (TPSA) is 48.5 Å². The molecule has 2 saturated heterocycles. The molecule has 2 aromatic rings. The van der Waals surface area contributed by atoms with E-state index < -0.39 is 0 Å². The summed E-state index contributed by atoms with van der Waals surface area (Å²) in [6.45, 7) is 4.20. The zero-order chi connectivity index (χ0) is 17.2. The Morgan fingerprint density at radius 2 is 1.80 bits per heavy atom. The smallest absolute Gasteiger partial charge is 0.317 e. The van der Waals surface area contributed by atoms with Gasteiger partial charge in [-0.1, -0.05) is 30.3 Å². The Bertz CT molecular complexity index is 723. The van der Waals surface area contributed by atoms with E-state index in [1.165, 1.54) is 0 Å². The number of fused-ring (bicyclic) bond motifs is 1. The van der Waals surface area contributed by atoms with Crippen molar-refractivity contribution >= 4 is 27.8 Å². The number of amides is 2. The Balaban J connectivity index is 1.30. The van der Waals surface area contributed by atoms with E-state index in [-0.39, 0.29) is 6.03 Å². The first-order chi connectivity index (χ1) is 12.2. The Hall–Kier alpha value is -2.08. The second kappa shape index (κ2) is 7.04. The molecule has 0 bridgehead atoms. The molecule has 2 aliphatic heterocycles. The zero-order valence-electron chi connectivity index (χ0n) is 13.9. The van der Waals surface area contributed by atoms with Crippen LogP contribution in [0, 0.1) is 11.8 Å². The van der Waals surface area contributed by atoms with E-state index in [9.17, 15) is 4.79 Å². The molecule has 0 saturated carbocycles. The monoisotopic (exact) mass is 400 g/mol. The second-order valence-corrected chi connectivity index (χ2v) is 7.72. The molecule has 0 spiro atoms. The predicted molar refractivity (Wildman–Crippen MR) is 101 cm³/mol. The fraction of sp³-hybridized carbons (Fsp3) is 0.368. The van der Waals surface area contributed by atoms with E-state index in [1.54, 1.807) is 0 Å². The van der Waals surface area contributed by atoms with Crippen molar-refractivity contribution in [2.45, 2.75) is 6.54 Å². The molecule has 2 amide bonds. The van der Waals surface area contributed by atoms with Crippen LogP contribution in [-0.2, 0) is 6.54 Å². The molecule has 3 heterocycles. The largest absolute Gasteiger partial charge is 0.356 e. The fourth-order valence-corrected chi connectivity index (χ4v) is 4.02. The summed E-state index contributed by atoms with van der Waals surface area (Å²) in [6.07, 6.45) is 1.84. The number of carbonyl (C=O) groups excluding carboxylic acids is 1. The number of likely N-dealkylation sites (tertiary alicyclic amines) is 1. The lowest BCUT2D eigenvalue weighted by Gasteiger charge is -2.22. The first kappa shape index (κ1) is 16.4. The van der Waals surface area contributed by atoms with Gasteiger partial charge in [0.15, 0.2) is 0 Å². The number of urea groups is 1. The van der Waals surface area contributed by atoms with Crippen LogP contribution in [0.5, 0.6) is 0 Å². The highest BCUT2D eigenvalue weighted by atomic mass is 79.9. The van der Waals surface area contributed by atoms with Crippen molar-refractivity contribution in [2.24, 2.45) is 11.8 Å². The average Bonchev–Trinajstić information content (AvgIpc) is 3.20. The van der Waals surface area contributed by atoms with Gasteiger partial charge in [-0.25, -0.2) is 9.78 Å². The van der Waals surface area contributed by atoms with Crippen LogP contribution >= 0.6 is 15.9 Å². The number of nitrogens with zero attached hydrogens (tertiary/aromatic N) is 3. The van der Waals surface area contributed by atoms with Gasteiger partial charge in [0, 0.05) is 55.2 Å². The van der Waals surface area contributed by atoms with Gasteiger partial charge in [0.1, 0.15) is 5.82 Å². The quantitative estimate of drug-likeness (QED) is 0.860. The van der Waals surface area contributed by atoms with Crippen molar-refractivity contribution in [2.75, 3.05) is 31.1 Å². The third-order valence-electron chi connectivity index (χ3n) is 5.10. The van der Waals surface area contributed by atoms with E-state index in [1.807, 2.05) is 47.5 Å². The van der Waals surface area contributed by atoms with E-state index >= 15 is 0 Å². The molecule has 2 fully saturated rings. The van der Waals surface area contributed by atoms with Gasteiger partial charge in [0.05, 0.1) is 0 Å². The van der Waals surface area contributed by atoms with E-state index in [0.717, 1.165) is 42.0 Å². The van der Waals surface area contributed by atoms with Gasteiger partial charge in [-0.15, -0.1) is 0 Å². The number of pyridine rings is 1. The highest BCUT2D eigenvalue weighted by Crippen LogP contribution is 2.33. The summed E-state index contributed by atoms with van der Waals surface area (Å²) in [5, 5.41) is 3.04. The van der Waals surface area contributed by atoms with Crippen molar-refractivity contribution in [3.8, 4) is 0 Å². The first-order valence-electron chi connectivity index (χ1n) is 8.62. The van der Waals surface area contributed by atoms with Crippen molar-refractivity contribution in [3.05, 3.63) is 58.7 Å². The van der Waals surface area contributed by atoms with E-state index in [0.29, 0.717) is 18.4 Å². The Kier molecular flexibility index (Phi) is 4.61. The maximum absolute atomic E-state index is 12.4. The summed E-state index contributed by atoms with van der Waals surface area (Å²) >= 11 is 3.43. The molecule has 1 aromatic heterocycles. The minimum atomic E-state index is 0.0477. The maximum Gasteiger partial charge on any atom is 0.317 e. The van der Waals surface area contributed by atoms with Crippen LogP contribution in [0.3, 0.4) is 0 Å². The van der Waals surface area contributed by atoms with Crippen LogP contribution in [0.25, 0.3) is 0 Å². The van der Waals surface area contributed by atoms with Crippen LogP contribution in [-0.4, -0.2) is 42.1 Å². The highest BCUT2D eigenvalue weighted by Gasteiger charge is 2.41. The van der Waals surface area contributed by atoms with E-state index in [2.05, 4.69) is 37.2 Å². The van der Waals surface area contributed by atoms with Crippen molar-refractivity contribution < 1.29 is 4.79 Å². The summed E-state index contributed by atoms with van der Waals surface area (Å²) in [6, 6.07) is 14.2. The Morgan fingerprint density at radius 3 is 2.44 bits per heavy atom. The van der Waals surface area contributed by atoms with Gasteiger partial charge in [-0.05, 0) is 33.6 Å². The lowest BCUT2D eigenvalue weighted by molar-refractivity contribution is 0.205. The molecule has 6 heteroatoms. The lowest BCUT2D eigenvalue weighted by Crippen LogP contribution is -2.40. The molecule has 2 aliphatic rings. The minimum absolute atomic E-state index is 0.0477. The highest BCUT2D eigenvalue weighted by molar-refractivity contribution is 9.10.